The van der Waals surface area contributed by atoms with Crippen LogP contribution in [-0.4, -0.2) is 10.1 Å². The van der Waals surface area contributed by atoms with E-state index in [1.807, 2.05) is 22.9 Å². The summed E-state index contributed by atoms with van der Waals surface area (Å²) in [6.45, 7) is 7.83. The van der Waals surface area contributed by atoms with E-state index in [4.69, 9.17) is 0 Å². The Hall–Kier alpha value is -1.61. The molecule has 2 nitrogen and oxygen atoms in total. The first kappa shape index (κ1) is 13.8. The largest absolute Gasteiger partial charge is 0.349 e. The van der Waals surface area contributed by atoms with Gasteiger partial charge in [0.2, 0.25) is 0 Å². The highest BCUT2D eigenvalue weighted by molar-refractivity contribution is 5.19. The highest BCUT2D eigenvalue weighted by atomic mass is 19.1. The summed E-state index contributed by atoms with van der Waals surface area (Å²) in [5.41, 5.74) is 2.04. The first-order valence-electron chi connectivity index (χ1n) is 6.57. The van der Waals surface area contributed by atoms with Gasteiger partial charge in [-0.25, -0.2) is 4.39 Å². The Balaban J connectivity index is 2.00. The minimum Gasteiger partial charge on any atom is -0.349 e. The lowest BCUT2D eigenvalue weighted by Gasteiger charge is -2.19. The molecule has 1 aromatic carbocycles. The molecule has 0 unspecified atom stereocenters. The quantitative estimate of drug-likeness (QED) is 0.889. The number of benzene rings is 1. The molecule has 2 aromatic rings. The van der Waals surface area contributed by atoms with Crippen LogP contribution in [0.4, 0.5) is 4.39 Å². The third-order valence-electron chi connectivity index (χ3n) is 2.95. The van der Waals surface area contributed by atoms with E-state index in [9.17, 15) is 4.39 Å². The lowest BCUT2D eigenvalue weighted by molar-refractivity contribution is 0.424. The molecule has 19 heavy (non-hydrogen) atoms. The monoisotopic (exact) mass is 260 g/mol. The van der Waals surface area contributed by atoms with Gasteiger partial charge in [0, 0.05) is 36.6 Å². The van der Waals surface area contributed by atoms with E-state index in [1.165, 1.54) is 11.6 Å². The van der Waals surface area contributed by atoms with Crippen molar-refractivity contribution in [2.45, 2.75) is 39.4 Å². The smallest absolute Gasteiger partial charge is 0.128 e. The second-order valence-electron chi connectivity index (χ2n) is 5.89. The van der Waals surface area contributed by atoms with E-state index in [1.54, 1.807) is 6.07 Å². The molecule has 0 amide bonds. The van der Waals surface area contributed by atoms with Crippen LogP contribution in [0, 0.1) is 5.82 Å². The van der Waals surface area contributed by atoms with Gasteiger partial charge in [-0.1, -0.05) is 18.2 Å². The van der Waals surface area contributed by atoms with Gasteiger partial charge in [-0.2, -0.15) is 0 Å². The van der Waals surface area contributed by atoms with E-state index in [2.05, 4.69) is 38.4 Å². The van der Waals surface area contributed by atoms with Gasteiger partial charge in [-0.05, 0) is 38.5 Å². The van der Waals surface area contributed by atoms with Crippen LogP contribution < -0.4 is 5.32 Å². The van der Waals surface area contributed by atoms with E-state index in [0.717, 1.165) is 6.54 Å². The molecule has 2 rings (SSSR count). The van der Waals surface area contributed by atoms with Gasteiger partial charge in [0.1, 0.15) is 5.82 Å². The standard InChI is InChI=1S/C16H21FN2/c1-16(2,3)18-10-13-8-9-19(11-13)12-14-6-4-5-7-15(14)17/h4-9,11,18H,10,12H2,1-3H3. The second-order valence-corrected chi connectivity index (χ2v) is 5.89. The molecule has 0 radical (unpaired) electrons. The number of nitrogens with zero attached hydrogens (tertiary/aromatic N) is 1. The zero-order valence-corrected chi connectivity index (χ0v) is 11.8. The zero-order chi connectivity index (χ0) is 13.9. The molecule has 1 N–H and O–H groups in total. The Morgan fingerprint density at radius 1 is 1.16 bits per heavy atom. The van der Waals surface area contributed by atoms with E-state index in [0.29, 0.717) is 12.1 Å². The first-order chi connectivity index (χ1) is 8.94. The van der Waals surface area contributed by atoms with Crippen molar-refractivity contribution >= 4 is 0 Å². The zero-order valence-electron chi connectivity index (χ0n) is 11.8. The van der Waals surface area contributed by atoms with Crippen molar-refractivity contribution in [3.63, 3.8) is 0 Å². The fourth-order valence-corrected chi connectivity index (χ4v) is 1.88. The number of hydrogen-bond donors (Lipinski definition) is 1. The number of rotatable bonds is 4. The van der Waals surface area contributed by atoms with E-state index in [-0.39, 0.29) is 11.4 Å². The molecule has 3 heteroatoms. The van der Waals surface area contributed by atoms with Gasteiger partial charge in [0.15, 0.2) is 0 Å². The molecule has 0 fully saturated rings. The molecule has 0 aliphatic rings. The van der Waals surface area contributed by atoms with Gasteiger partial charge < -0.3 is 9.88 Å². The fraction of sp³-hybridized carbons (Fsp3) is 0.375. The number of aromatic nitrogens is 1. The molecule has 0 spiro atoms. The van der Waals surface area contributed by atoms with E-state index < -0.39 is 0 Å². The normalized spacial score (nSPS) is 11.8. The van der Waals surface area contributed by atoms with Crippen molar-refractivity contribution in [2.75, 3.05) is 0 Å². The fourth-order valence-electron chi connectivity index (χ4n) is 1.88. The number of hydrogen-bond acceptors (Lipinski definition) is 1. The van der Waals surface area contributed by atoms with Crippen LogP contribution in [0.1, 0.15) is 31.9 Å². The third kappa shape index (κ3) is 4.21. The van der Waals surface area contributed by atoms with Gasteiger partial charge >= 0.3 is 0 Å². The SMILES string of the molecule is CC(C)(C)NCc1ccn(Cc2ccccc2F)c1. The van der Waals surface area contributed by atoms with Crippen LogP contribution in [0.15, 0.2) is 42.7 Å². The lowest BCUT2D eigenvalue weighted by Crippen LogP contribution is -2.34. The summed E-state index contributed by atoms with van der Waals surface area (Å²) >= 11 is 0. The molecule has 0 atom stereocenters. The highest BCUT2D eigenvalue weighted by Crippen LogP contribution is 2.11. The summed E-state index contributed by atoms with van der Waals surface area (Å²) in [4.78, 5) is 0. The summed E-state index contributed by atoms with van der Waals surface area (Å²) in [7, 11) is 0. The minimum atomic E-state index is -0.148. The van der Waals surface area contributed by atoms with Gasteiger partial charge in [0.25, 0.3) is 0 Å². The second kappa shape index (κ2) is 5.57. The Morgan fingerprint density at radius 2 is 1.89 bits per heavy atom. The molecular weight excluding hydrogens is 239 g/mol. The molecule has 1 heterocycles. The van der Waals surface area contributed by atoms with Crippen LogP contribution in [0.3, 0.4) is 0 Å². The molecule has 0 saturated carbocycles. The Bertz CT molecular complexity index is 538. The predicted molar refractivity (Wildman–Crippen MR) is 76.5 cm³/mol. The highest BCUT2D eigenvalue weighted by Gasteiger charge is 2.09. The lowest BCUT2D eigenvalue weighted by atomic mass is 10.1. The van der Waals surface area contributed by atoms with Crippen molar-refractivity contribution in [3.05, 3.63) is 59.7 Å². The Labute approximate surface area is 114 Å². The Kier molecular flexibility index (Phi) is 4.05. The first-order valence-corrected chi connectivity index (χ1v) is 6.57. The summed E-state index contributed by atoms with van der Waals surface area (Å²) in [6.07, 6.45) is 4.05. The van der Waals surface area contributed by atoms with Crippen molar-refractivity contribution in [2.24, 2.45) is 0 Å². The summed E-state index contributed by atoms with van der Waals surface area (Å²) in [6, 6.07) is 8.97. The molecule has 102 valence electrons. The van der Waals surface area contributed by atoms with Crippen molar-refractivity contribution in [3.8, 4) is 0 Å². The predicted octanol–water partition coefficient (Wildman–Crippen LogP) is 3.56. The van der Waals surface area contributed by atoms with Crippen molar-refractivity contribution < 1.29 is 4.39 Å². The molecule has 1 aromatic heterocycles. The van der Waals surface area contributed by atoms with E-state index >= 15 is 0 Å². The maximum absolute atomic E-state index is 13.6. The average Bonchev–Trinajstić information content (AvgIpc) is 2.77. The third-order valence-corrected chi connectivity index (χ3v) is 2.95. The van der Waals surface area contributed by atoms with Gasteiger partial charge in [0.05, 0.1) is 0 Å². The van der Waals surface area contributed by atoms with Crippen LogP contribution in [-0.2, 0) is 13.1 Å². The maximum atomic E-state index is 13.6. The summed E-state index contributed by atoms with van der Waals surface area (Å²) in [5.74, 6) is -0.148. The van der Waals surface area contributed by atoms with Crippen LogP contribution in [0.25, 0.3) is 0 Å². The summed E-state index contributed by atoms with van der Waals surface area (Å²) in [5, 5.41) is 3.44. The number of halogens is 1. The Morgan fingerprint density at radius 3 is 2.58 bits per heavy atom. The molecule has 0 bridgehead atoms. The van der Waals surface area contributed by atoms with Gasteiger partial charge in [-0.3, -0.25) is 0 Å². The van der Waals surface area contributed by atoms with Crippen LogP contribution in [0.5, 0.6) is 0 Å². The van der Waals surface area contributed by atoms with Crippen LogP contribution >= 0.6 is 0 Å². The molecular formula is C16H21FN2. The molecule has 0 aliphatic heterocycles. The van der Waals surface area contributed by atoms with Gasteiger partial charge in [-0.15, -0.1) is 0 Å². The van der Waals surface area contributed by atoms with Crippen molar-refractivity contribution in [1.82, 2.24) is 9.88 Å². The summed E-state index contributed by atoms with van der Waals surface area (Å²) < 4.78 is 15.6. The topological polar surface area (TPSA) is 17.0 Å². The van der Waals surface area contributed by atoms with Crippen LogP contribution in [0.2, 0.25) is 0 Å². The maximum Gasteiger partial charge on any atom is 0.128 e. The number of nitrogens with one attached hydrogen (secondary N) is 1. The van der Waals surface area contributed by atoms with Crippen molar-refractivity contribution in [1.29, 1.82) is 0 Å². The minimum absolute atomic E-state index is 0.105. The average molecular weight is 260 g/mol. The molecule has 0 aliphatic carbocycles. The molecule has 0 saturated heterocycles.